The molecule has 0 heterocycles. The van der Waals surface area contributed by atoms with Gasteiger partial charge in [-0.3, -0.25) is 9.79 Å². The van der Waals surface area contributed by atoms with Crippen molar-refractivity contribution >= 4 is 41.5 Å². The fourth-order valence-corrected chi connectivity index (χ4v) is 1.60. The highest BCUT2D eigenvalue weighted by Crippen LogP contribution is 2.23. The van der Waals surface area contributed by atoms with Crippen molar-refractivity contribution in [2.24, 2.45) is 10.7 Å². The minimum atomic E-state index is -4.73. The summed E-state index contributed by atoms with van der Waals surface area (Å²) >= 11 is 0. The number of guanidine groups is 1. The lowest BCUT2D eigenvalue weighted by Gasteiger charge is -2.10. The van der Waals surface area contributed by atoms with Crippen LogP contribution in [0.25, 0.3) is 0 Å². The van der Waals surface area contributed by atoms with Crippen molar-refractivity contribution in [3.05, 3.63) is 24.3 Å². The Hall–Kier alpha value is -1.72. The van der Waals surface area contributed by atoms with Gasteiger partial charge in [-0.15, -0.1) is 37.1 Å². The van der Waals surface area contributed by atoms with Crippen LogP contribution in [-0.4, -0.2) is 30.8 Å². The van der Waals surface area contributed by atoms with E-state index in [0.717, 1.165) is 12.1 Å². The zero-order valence-electron chi connectivity index (χ0n) is 13.2. The van der Waals surface area contributed by atoms with Crippen LogP contribution >= 0.6 is 24.0 Å². The molecule has 0 unspecified atom stereocenters. The van der Waals surface area contributed by atoms with Crippen LogP contribution in [0.4, 0.5) is 18.9 Å². The van der Waals surface area contributed by atoms with Gasteiger partial charge in [-0.1, -0.05) is 0 Å². The average Bonchev–Trinajstić information content (AvgIpc) is 2.38. The first-order chi connectivity index (χ1) is 10.7. The third-order valence-electron chi connectivity index (χ3n) is 2.43. The number of carbonyl (C=O) groups excluding carboxylic acids is 1. The van der Waals surface area contributed by atoms with Gasteiger partial charge >= 0.3 is 6.36 Å². The molecule has 0 aliphatic rings. The number of alkyl halides is 3. The molecule has 24 heavy (non-hydrogen) atoms. The van der Waals surface area contributed by atoms with E-state index in [1.54, 1.807) is 0 Å². The maximum absolute atomic E-state index is 12.0. The number of halogens is 4. The Balaban J connectivity index is 0.00000529. The number of nitrogens with two attached hydrogens (primary N) is 1. The van der Waals surface area contributed by atoms with E-state index in [4.69, 9.17) is 5.73 Å². The van der Waals surface area contributed by atoms with E-state index >= 15 is 0 Å². The van der Waals surface area contributed by atoms with Crippen molar-refractivity contribution in [2.45, 2.75) is 32.7 Å². The molecule has 0 aliphatic carbocycles. The SMILES string of the molecule is CC(C)NC(=O)CCN=C(N)Nc1ccc(OC(F)(F)F)cc1.I. The van der Waals surface area contributed by atoms with Gasteiger partial charge in [0.05, 0.1) is 6.54 Å². The molecule has 6 nitrogen and oxygen atoms in total. The summed E-state index contributed by atoms with van der Waals surface area (Å²) in [7, 11) is 0. The van der Waals surface area contributed by atoms with Crippen molar-refractivity contribution in [3.63, 3.8) is 0 Å². The van der Waals surface area contributed by atoms with Gasteiger partial charge in [0, 0.05) is 18.2 Å². The first-order valence-electron chi connectivity index (χ1n) is 6.88. The summed E-state index contributed by atoms with van der Waals surface area (Å²) in [5.74, 6) is -0.402. The number of aliphatic imine (C=N–C) groups is 1. The van der Waals surface area contributed by atoms with Crippen LogP contribution < -0.4 is 21.1 Å². The number of carbonyl (C=O) groups is 1. The van der Waals surface area contributed by atoms with E-state index in [1.165, 1.54) is 12.1 Å². The second-order valence-corrected chi connectivity index (χ2v) is 4.94. The quantitative estimate of drug-likeness (QED) is 0.346. The molecule has 0 aliphatic heterocycles. The second-order valence-electron chi connectivity index (χ2n) is 4.94. The van der Waals surface area contributed by atoms with Crippen molar-refractivity contribution in [1.29, 1.82) is 0 Å². The van der Waals surface area contributed by atoms with Gasteiger partial charge in [0.25, 0.3) is 0 Å². The maximum Gasteiger partial charge on any atom is 0.573 e. The Kier molecular flexibility index (Phi) is 9.48. The third kappa shape index (κ3) is 10.1. The van der Waals surface area contributed by atoms with Crippen LogP contribution in [0.1, 0.15) is 20.3 Å². The van der Waals surface area contributed by atoms with Crippen molar-refractivity contribution in [1.82, 2.24) is 5.32 Å². The predicted molar refractivity (Wildman–Crippen MR) is 96.5 cm³/mol. The highest BCUT2D eigenvalue weighted by Gasteiger charge is 2.30. The standard InChI is InChI=1S/C14H19F3N4O2.HI/c1-9(2)20-12(22)7-8-19-13(18)21-10-3-5-11(6-4-10)23-14(15,16)17;/h3-6,9H,7-8H2,1-2H3,(H,20,22)(H3,18,19,21);1H. The fourth-order valence-electron chi connectivity index (χ4n) is 1.60. The average molecular weight is 460 g/mol. The topological polar surface area (TPSA) is 88.7 Å². The molecule has 4 N–H and O–H groups in total. The molecule has 0 radical (unpaired) electrons. The first-order valence-corrected chi connectivity index (χ1v) is 6.88. The van der Waals surface area contributed by atoms with Gasteiger partial charge in [-0.25, -0.2) is 0 Å². The highest BCUT2D eigenvalue weighted by atomic mass is 127. The lowest BCUT2D eigenvalue weighted by molar-refractivity contribution is -0.274. The zero-order chi connectivity index (χ0) is 17.5. The molecule has 0 fully saturated rings. The summed E-state index contributed by atoms with van der Waals surface area (Å²) in [6, 6.07) is 5.10. The first kappa shape index (κ1) is 22.3. The van der Waals surface area contributed by atoms with Crippen molar-refractivity contribution in [2.75, 3.05) is 11.9 Å². The minimum absolute atomic E-state index is 0. The van der Waals surface area contributed by atoms with Crippen LogP contribution in [0.3, 0.4) is 0 Å². The number of ether oxygens (including phenoxy) is 1. The molecule has 1 amide bonds. The van der Waals surface area contributed by atoms with Gasteiger partial charge in [0.15, 0.2) is 5.96 Å². The van der Waals surface area contributed by atoms with Crippen LogP contribution in [0.5, 0.6) is 5.75 Å². The summed E-state index contributed by atoms with van der Waals surface area (Å²) < 4.78 is 39.8. The zero-order valence-corrected chi connectivity index (χ0v) is 15.5. The Labute approximate surface area is 155 Å². The molecule has 10 heteroatoms. The lowest BCUT2D eigenvalue weighted by atomic mass is 10.3. The molecule has 0 spiro atoms. The summed E-state index contributed by atoms with van der Waals surface area (Å²) in [5.41, 5.74) is 6.08. The summed E-state index contributed by atoms with van der Waals surface area (Å²) in [5, 5.41) is 5.42. The number of rotatable bonds is 6. The molecular weight excluding hydrogens is 440 g/mol. The molecule has 1 aromatic rings. The van der Waals surface area contributed by atoms with Crippen LogP contribution in [-0.2, 0) is 4.79 Å². The van der Waals surface area contributed by atoms with E-state index < -0.39 is 6.36 Å². The van der Waals surface area contributed by atoms with Gasteiger partial charge in [-0.2, -0.15) is 0 Å². The van der Waals surface area contributed by atoms with Gasteiger partial charge in [0.1, 0.15) is 5.75 Å². The van der Waals surface area contributed by atoms with Gasteiger partial charge in [0.2, 0.25) is 5.91 Å². The largest absolute Gasteiger partial charge is 0.573 e. The van der Waals surface area contributed by atoms with E-state index in [-0.39, 0.29) is 60.6 Å². The number of benzene rings is 1. The number of hydrogen-bond acceptors (Lipinski definition) is 3. The molecule has 1 aromatic carbocycles. The summed E-state index contributed by atoms with van der Waals surface area (Å²) in [4.78, 5) is 15.4. The number of amides is 1. The molecule has 0 saturated carbocycles. The molecule has 0 aromatic heterocycles. The third-order valence-corrected chi connectivity index (χ3v) is 2.43. The molecule has 0 bridgehead atoms. The van der Waals surface area contributed by atoms with E-state index in [2.05, 4.69) is 20.4 Å². The number of nitrogens with zero attached hydrogens (tertiary/aromatic N) is 1. The van der Waals surface area contributed by atoms with E-state index in [9.17, 15) is 18.0 Å². The van der Waals surface area contributed by atoms with Crippen LogP contribution in [0.2, 0.25) is 0 Å². The van der Waals surface area contributed by atoms with Gasteiger partial charge in [-0.05, 0) is 38.1 Å². The summed E-state index contributed by atoms with van der Waals surface area (Å²) in [6.45, 7) is 3.90. The normalized spacial score (nSPS) is 11.7. The monoisotopic (exact) mass is 460 g/mol. The minimum Gasteiger partial charge on any atom is -0.406 e. The number of hydrogen-bond donors (Lipinski definition) is 3. The molecular formula is C14H20F3IN4O2. The number of anilines is 1. The Bertz CT molecular complexity index is 548. The Morgan fingerprint density at radius 3 is 2.38 bits per heavy atom. The second kappa shape index (κ2) is 10.2. The highest BCUT2D eigenvalue weighted by molar-refractivity contribution is 14.0. The van der Waals surface area contributed by atoms with Crippen LogP contribution in [0.15, 0.2) is 29.3 Å². The number of nitrogens with one attached hydrogen (secondary N) is 2. The van der Waals surface area contributed by atoms with Crippen molar-refractivity contribution in [3.8, 4) is 5.75 Å². The van der Waals surface area contributed by atoms with Crippen molar-refractivity contribution < 1.29 is 22.7 Å². The fraction of sp³-hybridized carbons (Fsp3) is 0.429. The van der Waals surface area contributed by atoms with E-state index in [1.807, 2.05) is 13.8 Å². The lowest BCUT2D eigenvalue weighted by Crippen LogP contribution is -2.30. The summed E-state index contributed by atoms with van der Waals surface area (Å²) in [6.07, 6.45) is -4.54. The maximum atomic E-state index is 12.0. The van der Waals surface area contributed by atoms with Gasteiger partial charge < -0.3 is 21.1 Å². The predicted octanol–water partition coefficient (Wildman–Crippen LogP) is 2.84. The van der Waals surface area contributed by atoms with E-state index in [0.29, 0.717) is 5.69 Å². The molecule has 0 saturated heterocycles. The Morgan fingerprint density at radius 2 is 1.88 bits per heavy atom. The van der Waals surface area contributed by atoms with Crippen LogP contribution in [0, 0.1) is 0 Å². The smallest absolute Gasteiger partial charge is 0.406 e. The molecule has 136 valence electrons. The Morgan fingerprint density at radius 1 is 1.29 bits per heavy atom. The molecule has 1 rings (SSSR count). The molecule has 0 atom stereocenters.